The number of hydrogen-bond donors (Lipinski definition) is 1. The van der Waals surface area contributed by atoms with Crippen LogP contribution in [0.25, 0.3) is 0 Å². The van der Waals surface area contributed by atoms with Gasteiger partial charge in [0.25, 0.3) is 0 Å². The van der Waals surface area contributed by atoms with Crippen LogP contribution in [0, 0.1) is 5.41 Å². The van der Waals surface area contributed by atoms with Crippen LogP contribution < -0.4 is 0 Å². The van der Waals surface area contributed by atoms with E-state index in [1.54, 1.807) is 24.4 Å². The van der Waals surface area contributed by atoms with Gasteiger partial charge in [0.1, 0.15) is 0 Å². The largest absolute Gasteiger partial charge is 0.481 e. The third kappa shape index (κ3) is 4.51. The maximum absolute atomic E-state index is 12.4. The van der Waals surface area contributed by atoms with Crippen molar-refractivity contribution in [2.45, 2.75) is 32.1 Å². The van der Waals surface area contributed by atoms with E-state index in [1.807, 2.05) is 12.1 Å². The van der Waals surface area contributed by atoms with E-state index in [9.17, 15) is 14.7 Å². The minimum absolute atomic E-state index is 0.0107. The molecule has 1 aromatic rings. The number of carbonyl (C=O) groups excluding carboxylic acids is 1. The molecule has 0 saturated carbocycles. The van der Waals surface area contributed by atoms with Gasteiger partial charge in [-0.25, -0.2) is 0 Å². The molecule has 1 fully saturated rings. The number of hydrogen-bond acceptors (Lipinski definition) is 4. The molecule has 1 amide bonds. The lowest BCUT2D eigenvalue weighted by Gasteiger charge is -2.40. The van der Waals surface area contributed by atoms with E-state index in [-0.39, 0.29) is 12.5 Å². The van der Waals surface area contributed by atoms with Gasteiger partial charge in [-0.15, -0.1) is 0 Å². The Morgan fingerprint density at radius 3 is 2.96 bits per heavy atom. The molecule has 0 bridgehead atoms. The molecule has 126 valence electrons. The molecule has 1 saturated heterocycles. The third-order valence-corrected chi connectivity index (χ3v) is 4.52. The number of aromatic nitrogens is 1. The Morgan fingerprint density at radius 1 is 1.48 bits per heavy atom. The quantitative estimate of drug-likeness (QED) is 0.828. The van der Waals surface area contributed by atoms with Crippen LogP contribution in [0.2, 0.25) is 0 Å². The van der Waals surface area contributed by atoms with E-state index < -0.39 is 11.4 Å². The SMILES string of the molecule is COCC[C@]1(C(=O)O)CCCN(C(=O)CCc2cccnc2)C1. The first-order valence-electron chi connectivity index (χ1n) is 7.96. The molecule has 1 N–H and O–H groups in total. The molecule has 1 aliphatic rings. The Labute approximate surface area is 136 Å². The second-order valence-electron chi connectivity index (χ2n) is 6.11. The standard InChI is InChI=1S/C17H24N2O4/c1-23-11-8-17(16(21)22)7-3-10-19(13-17)15(20)6-5-14-4-2-9-18-12-14/h2,4,9,12H,3,5-8,10-11,13H2,1H3,(H,21,22)/t17-/m1/s1. The molecule has 2 heterocycles. The van der Waals surface area contributed by atoms with Crippen molar-refractivity contribution >= 4 is 11.9 Å². The summed E-state index contributed by atoms with van der Waals surface area (Å²) in [6.45, 7) is 1.30. The normalized spacial score (nSPS) is 21.2. The van der Waals surface area contributed by atoms with Crippen molar-refractivity contribution in [3.63, 3.8) is 0 Å². The van der Waals surface area contributed by atoms with Gasteiger partial charge in [0.15, 0.2) is 0 Å². The molecule has 6 heteroatoms. The van der Waals surface area contributed by atoms with Gasteiger partial charge in [-0.1, -0.05) is 6.07 Å². The third-order valence-electron chi connectivity index (χ3n) is 4.52. The summed E-state index contributed by atoms with van der Waals surface area (Å²) in [7, 11) is 1.56. The second kappa shape index (κ2) is 8.06. The fraction of sp³-hybridized carbons (Fsp3) is 0.588. The van der Waals surface area contributed by atoms with Gasteiger partial charge < -0.3 is 14.7 Å². The number of carboxylic acids is 1. The van der Waals surface area contributed by atoms with E-state index in [2.05, 4.69) is 4.98 Å². The lowest BCUT2D eigenvalue weighted by atomic mass is 9.77. The smallest absolute Gasteiger partial charge is 0.311 e. The molecule has 23 heavy (non-hydrogen) atoms. The molecule has 0 aromatic carbocycles. The van der Waals surface area contributed by atoms with Gasteiger partial charge in [0.2, 0.25) is 5.91 Å². The van der Waals surface area contributed by atoms with Gasteiger partial charge in [-0.3, -0.25) is 14.6 Å². The highest BCUT2D eigenvalue weighted by Crippen LogP contribution is 2.34. The number of ether oxygens (including phenoxy) is 1. The number of nitrogens with zero attached hydrogens (tertiary/aromatic N) is 2. The Morgan fingerprint density at radius 2 is 2.30 bits per heavy atom. The average molecular weight is 320 g/mol. The summed E-state index contributed by atoms with van der Waals surface area (Å²) in [6.07, 6.45) is 6.21. The molecule has 0 unspecified atom stereocenters. The first-order valence-corrected chi connectivity index (χ1v) is 7.96. The Kier molecular flexibility index (Phi) is 6.10. The summed E-state index contributed by atoms with van der Waals surface area (Å²) in [5, 5.41) is 9.62. The first-order chi connectivity index (χ1) is 11.1. The zero-order valence-corrected chi connectivity index (χ0v) is 13.5. The minimum Gasteiger partial charge on any atom is -0.481 e. The molecule has 1 atom stereocenters. The topological polar surface area (TPSA) is 79.7 Å². The van der Waals surface area contributed by atoms with Crippen LogP contribution in [0.5, 0.6) is 0 Å². The number of aliphatic carboxylic acids is 1. The number of pyridine rings is 1. The van der Waals surface area contributed by atoms with Crippen molar-refractivity contribution in [2.75, 3.05) is 26.8 Å². The van der Waals surface area contributed by atoms with E-state index in [0.717, 1.165) is 5.56 Å². The number of carbonyl (C=O) groups is 2. The first kappa shape index (κ1) is 17.4. The van der Waals surface area contributed by atoms with E-state index in [4.69, 9.17) is 4.74 Å². The molecule has 0 spiro atoms. The molecular formula is C17H24N2O4. The number of likely N-dealkylation sites (tertiary alicyclic amines) is 1. The van der Waals surface area contributed by atoms with Crippen LogP contribution in [0.15, 0.2) is 24.5 Å². The van der Waals surface area contributed by atoms with Crippen molar-refractivity contribution in [3.8, 4) is 0 Å². The monoisotopic (exact) mass is 320 g/mol. The van der Waals surface area contributed by atoms with Crippen LogP contribution in [-0.4, -0.2) is 53.7 Å². The fourth-order valence-corrected chi connectivity index (χ4v) is 3.08. The second-order valence-corrected chi connectivity index (χ2v) is 6.11. The van der Waals surface area contributed by atoms with Crippen molar-refractivity contribution in [2.24, 2.45) is 5.41 Å². The van der Waals surface area contributed by atoms with Crippen molar-refractivity contribution < 1.29 is 19.4 Å². The lowest BCUT2D eigenvalue weighted by Crippen LogP contribution is -2.50. The van der Waals surface area contributed by atoms with Crippen molar-refractivity contribution in [1.82, 2.24) is 9.88 Å². The minimum atomic E-state index is -0.877. The summed E-state index contributed by atoms with van der Waals surface area (Å²) in [5.74, 6) is -0.823. The molecule has 2 rings (SSSR count). The van der Waals surface area contributed by atoms with E-state index in [1.165, 1.54) is 0 Å². The number of rotatable bonds is 7. The average Bonchev–Trinajstić information content (AvgIpc) is 2.59. The Hall–Kier alpha value is -1.95. The van der Waals surface area contributed by atoms with Gasteiger partial charge in [0, 0.05) is 45.6 Å². The van der Waals surface area contributed by atoms with Crippen LogP contribution >= 0.6 is 0 Å². The maximum Gasteiger partial charge on any atom is 0.311 e. The Bertz CT molecular complexity index is 535. The van der Waals surface area contributed by atoms with Crippen LogP contribution in [0.4, 0.5) is 0 Å². The molecule has 0 aliphatic carbocycles. The molecule has 6 nitrogen and oxygen atoms in total. The maximum atomic E-state index is 12.4. The highest BCUT2D eigenvalue weighted by atomic mass is 16.5. The molecular weight excluding hydrogens is 296 g/mol. The van der Waals surface area contributed by atoms with Gasteiger partial charge >= 0.3 is 5.97 Å². The highest BCUT2D eigenvalue weighted by molar-refractivity contribution is 5.80. The predicted molar refractivity (Wildman–Crippen MR) is 84.9 cm³/mol. The molecule has 0 radical (unpaired) electrons. The summed E-state index contributed by atoms with van der Waals surface area (Å²) < 4.78 is 5.05. The number of aryl methyl sites for hydroxylation is 1. The molecule has 1 aliphatic heterocycles. The number of carboxylic acid groups (broad SMARTS) is 1. The van der Waals surface area contributed by atoms with Gasteiger partial charge in [-0.2, -0.15) is 0 Å². The zero-order valence-electron chi connectivity index (χ0n) is 13.5. The fourth-order valence-electron chi connectivity index (χ4n) is 3.08. The van der Waals surface area contributed by atoms with Crippen LogP contribution in [0.1, 0.15) is 31.2 Å². The number of methoxy groups -OCH3 is 1. The van der Waals surface area contributed by atoms with Gasteiger partial charge in [0.05, 0.1) is 5.41 Å². The summed E-state index contributed by atoms with van der Waals surface area (Å²) in [5.41, 5.74) is 0.139. The summed E-state index contributed by atoms with van der Waals surface area (Å²) in [4.78, 5) is 29.9. The number of amides is 1. The van der Waals surface area contributed by atoms with Crippen LogP contribution in [0.3, 0.4) is 0 Å². The molecule has 1 aromatic heterocycles. The summed E-state index contributed by atoms with van der Waals surface area (Å²) in [6, 6.07) is 3.79. The highest BCUT2D eigenvalue weighted by Gasteiger charge is 2.43. The lowest BCUT2D eigenvalue weighted by molar-refractivity contribution is -0.156. The van der Waals surface area contributed by atoms with E-state index in [0.29, 0.717) is 45.3 Å². The zero-order chi connectivity index (χ0) is 16.7. The Balaban J connectivity index is 1.96. The predicted octanol–water partition coefficient (Wildman–Crippen LogP) is 1.74. The van der Waals surface area contributed by atoms with Crippen molar-refractivity contribution in [3.05, 3.63) is 30.1 Å². The van der Waals surface area contributed by atoms with Gasteiger partial charge in [-0.05, 0) is 37.3 Å². The summed E-state index contributed by atoms with van der Waals surface area (Å²) >= 11 is 0. The van der Waals surface area contributed by atoms with Crippen LogP contribution in [-0.2, 0) is 20.7 Å². The number of piperidine rings is 1. The van der Waals surface area contributed by atoms with E-state index >= 15 is 0 Å². The van der Waals surface area contributed by atoms with Crippen molar-refractivity contribution in [1.29, 1.82) is 0 Å².